The van der Waals surface area contributed by atoms with Crippen molar-refractivity contribution in [3.8, 4) is 0 Å². The minimum atomic E-state index is -0.807. The molecule has 0 aromatic rings. The maximum absolute atomic E-state index is 12.0. The normalized spacial score (nSPS) is 17.6. The molecule has 0 bridgehead atoms. The Morgan fingerprint density at radius 3 is 2.35 bits per heavy atom. The van der Waals surface area contributed by atoms with Crippen molar-refractivity contribution >= 4 is 17.8 Å². The molecule has 1 aliphatic rings. The number of aliphatic carboxylic acids is 1. The number of carboxylic acid groups (broad SMARTS) is 1. The number of carbonyl (C=O) groups is 3. The summed E-state index contributed by atoms with van der Waals surface area (Å²) >= 11 is 0. The van der Waals surface area contributed by atoms with Gasteiger partial charge < -0.3 is 19.6 Å². The summed E-state index contributed by atoms with van der Waals surface area (Å²) in [6, 6.07) is 0. The molecule has 7 heteroatoms. The third kappa shape index (κ3) is 4.19. The van der Waals surface area contributed by atoms with E-state index in [0.29, 0.717) is 25.9 Å². The minimum Gasteiger partial charge on any atom is -0.481 e. The van der Waals surface area contributed by atoms with Crippen LogP contribution in [0.15, 0.2) is 0 Å². The first-order valence-electron chi connectivity index (χ1n) is 6.65. The molecule has 0 aliphatic carbocycles. The van der Waals surface area contributed by atoms with Gasteiger partial charge in [-0.25, -0.2) is 0 Å². The van der Waals surface area contributed by atoms with Gasteiger partial charge in [-0.3, -0.25) is 14.4 Å². The van der Waals surface area contributed by atoms with E-state index in [0.717, 1.165) is 0 Å². The molecule has 1 heterocycles. The smallest absolute Gasteiger partial charge is 0.306 e. The van der Waals surface area contributed by atoms with Crippen LogP contribution in [0.5, 0.6) is 0 Å². The van der Waals surface area contributed by atoms with Gasteiger partial charge in [0.2, 0.25) is 5.91 Å². The van der Waals surface area contributed by atoms with Crippen molar-refractivity contribution in [2.75, 3.05) is 33.8 Å². The van der Waals surface area contributed by atoms with E-state index in [1.54, 1.807) is 18.9 Å². The third-order valence-electron chi connectivity index (χ3n) is 3.65. The molecule has 0 radical (unpaired) electrons. The van der Waals surface area contributed by atoms with Crippen LogP contribution in [0.3, 0.4) is 0 Å². The van der Waals surface area contributed by atoms with E-state index >= 15 is 0 Å². The van der Waals surface area contributed by atoms with Crippen molar-refractivity contribution in [1.29, 1.82) is 0 Å². The van der Waals surface area contributed by atoms with Crippen LogP contribution in [-0.4, -0.2) is 72.6 Å². The lowest BCUT2D eigenvalue weighted by molar-refractivity contribution is -0.148. The number of likely N-dealkylation sites (N-methyl/N-ethyl adjacent to an activating group) is 1. The van der Waals surface area contributed by atoms with Gasteiger partial charge in [-0.15, -0.1) is 0 Å². The Hall–Kier alpha value is -1.63. The monoisotopic (exact) mass is 286 g/mol. The second kappa shape index (κ2) is 7.23. The summed E-state index contributed by atoms with van der Waals surface area (Å²) in [7, 11) is 2.99. The molecular formula is C13H22N2O5. The van der Waals surface area contributed by atoms with Crippen molar-refractivity contribution in [2.24, 2.45) is 5.92 Å². The summed E-state index contributed by atoms with van der Waals surface area (Å²) < 4.78 is 4.92. The van der Waals surface area contributed by atoms with Crippen LogP contribution in [0.2, 0.25) is 0 Å². The van der Waals surface area contributed by atoms with Crippen molar-refractivity contribution < 1.29 is 24.2 Å². The zero-order valence-electron chi connectivity index (χ0n) is 12.2. The Morgan fingerprint density at radius 1 is 1.35 bits per heavy atom. The summed E-state index contributed by atoms with van der Waals surface area (Å²) in [5.74, 6) is -1.58. The number of rotatable bonds is 5. The predicted octanol–water partition coefficient (Wildman–Crippen LogP) is -0.197. The number of nitrogens with zero attached hydrogens (tertiary/aromatic N) is 2. The molecule has 1 atom stereocenters. The molecule has 0 saturated carbocycles. The van der Waals surface area contributed by atoms with E-state index in [1.807, 2.05) is 0 Å². The molecule has 7 nitrogen and oxygen atoms in total. The SMILES string of the molecule is COC(C)C(=O)N(C)CC(=O)N1CCC(C(=O)O)CC1. The highest BCUT2D eigenvalue weighted by atomic mass is 16.5. The fourth-order valence-electron chi connectivity index (χ4n) is 2.17. The average molecular weight is 286 g/mol. The van der Waals surface area contributed by atoms with Gasteiger partial charge in [-0.05, 0) is 19.8 Å². The van der Waals surface area contributed by atoms with Crippen LogP contribution >= 0.6 is 0 Å². The molecule has 0 aromatic heterocycles. The van der Waals surface area contributed by atoms with Gasteiger partial charge in [-0.2, -0.15) is 0 Å². The highest BCUT2D eigenvalue weighted by molar-refractivity contribution is 5.86. The van der Waals surface area contributed by atoms with Crippen LogP contribution in [-0.2, 0) is 19.1 Å². The minimum absolute atomic E-state index is 0.00965. The van der Waals surface area contributed by atoms with Crippen LogP contribution in [0, 0.1) is 5.92 Å². The van der Waals surface area contributed by atoms with Gasteiger partial charge in [-0.1, -0.05) is 0 Å². The summed E-state index contributed by atoms with van der Waals surface area (Å²) in [5.41, 5.74) is 0. The third-order valence-corrected chi connectivity index (χ3v) is 3.65. The van der Waals surface area contributed by atoms with Crippen molar-refractivity contribution in [3.05, 3.63) is 0 Å². The van der Waals surface area contributed by atoms with Crippen molar-refractivity contribution in [1.82, 2.24) is 9.80 Å². The number of amides is 2. The molecule has 0 aromatic carbocycles. The number of carboxylic acids is 1. The second-order valence-electron chi connectivity index (χ2n) is 5.07. The summed E-state index contributed by atoms with van der Waals surface area (Å²) in [4.78, 5) is 37.6. The zero-order chi connectivity index (χ0) is 15.3. The molecule has 20 heavy (non-hydrogen) atoms. The molecule has 0 spiro atoms. The maximum atomic E-state index is 12.0. The second-order valence-corrected chi connectivity index (χ2v) is 5.07. The van der Waals surface area contributed by atoms with E-state index in [4.69, 9.17) is 9.84 Å². The number of hydrogen-bond donors (Lipinski definition) is 1. The summed E-state index contributed by atoms with van der Waals surface area (Å²) in [6.07, 6.45) is 0.353. The quantitative estimate of drug-likeness (QED) is 0.756. The summed E-state index contributed by atoms with van der Waals surface area (Å²) in [6.45, 7) is 2.47. The predicted molar refractivity (Wildman–Crippen MR) is 71.0 cm³/mol. The van der Waals surface area contributed by atoms with E-state index in [2.05, 4.69) is 0 Å². The van der Waals surface area contributed by atoms with Crippen molar-refractivity contribution in [3.63, 3.8) is 0 Å². The number of methoxy groups -OCH3 is 1. The van der Waals surface area contributed by atoms with E-state index in [-0.39, 0.29) is 24.3 Å². The van der Waals surface area contributed by atoms with Crippen molar-refractivity contribution in [2.45, 2.75) is 25.9 Å². The molecule has 1 unspecified atom stereocenters. The fourth-order valence-corrected chi connectivity index (χ4v) is 2.17. The van der Waals surface area contributed by atoms with Crippen LogP contribution in [0.25, 0.3) is 0 Å². The Morgan fingerprint density at radius 2 is 1.90 bits per heavy atom. The maximum Gasteiger partial charge on any atom is 0.306 e. The first-order chi connectivity index (χ1) is 9.36. The van der Waals surface area contributed by atoms with Gasteiger partial charge in [0.05, 0.1) is 12.5 Å². The Balaban J connectivity index is 2.44. The Labute approximate surface area is 118 Å². The Kier molecular flexibility index (Phi) is 5.94. The van der Waals surface area contributed by atoms with Gasteiger partial charge in [0.25, 0.3) is 5.91 Å². The Bertz CT molecular complexity index is 377. The lowest BCUT2D eigenvalue weighted by Crippen LogP contribution is -2.47. The highest BCUT2D eigenvalue weighted by Crippen LogP contribution is 2.17. The van der Waals surface area contributed by atoms with Gasteiger partial charge >= 0.3 is 5.97 Å². The van der Waals surface area contributed by atoms with Gasteiger partial charge in [0.15, 0.2) is 0 Å². The van der Waals surface area contributed by atoms with Gasteiger partial charge in [0.1, 0.15) is 6.10 Å². The van der Waals surface area contributed by atoms with Crippen LogP contribution < -0.4 is 0 Å². The van der Waals surface area contributed by atoms with E-state index < -0.39 is 12.1 Å². The number of hydrogen-bond acceptors (Lipinski definition) is 4. The highest BCUT2D eigenvalue weighted by Gasteiger charge is 2.28. The summed E-state index contributed by atoms with van der Waals surface area (Å²) in [5, 5.41) is 8.90. The topological polar surface area (TPSA) is 87.2 Å². The molecule has 1 aliphatic heterocycles. The number of piperidine rings is 1. The fraction of sp³-hybridized carbons (Fsp3) is 0.769. The molecule has 114 valence electrons. The molecule has 1 N–H and O–H groups in total. The number of ether oxygens (including phenoxy) is 1. The molecule has 1 saturated heterocycles. The average Bonchev–Trinajstić information content (AvgIpc) is 2.45. The molecule has 2 amide bonds. The lowest BCUT2D eigenvalue weighted by Gasteiger charge is -2.31. The van der Waals surface area contributed by atoms with Gasteiger partial charge in [0, 0.05) is 27.2 Å². The number of likely N-dealkylation sites (tertiary alicyclic amines) is 1. The van der Waals surface area contributed by atoms with E-state index in [9.17, 15) is 14.4 Å². The molecule has 1 fully saturated rings. The molecular weight excluding hydrogens is 264 g/mol. The lowest BCUT2D eigenvalue weighted by atomic mass is 9.97. The molecule has 1 rings (SSSR count). The first-order valence-corrected chi connectivity index (χ1v) is 6.65. The zero-order valence-corrected chi connectivity index (χ0v) is 12.2. The van der Waals surface area contributed by atoms with Crippen LogP contribution in [0.1, 0.15) is 19.8 Å². The first kappa shape index (κ1) is 16.4. The van der Waals surface area contributed by atoms with E-state index in [1.165, 1.54) is 12.0 Å². The number of carbonyl (C=O) groups excluding carboxylic acids is 2. The standard InChI is InChI=1S/C13H22N2O5/c1-9(20-3)12(17)14(2)8-11(16)15-6-4-10(5-7-15)13(18)19/h9-10H,4-8H2,1-3H3,(H,18,19). The largest absolute Gasteiger partial charge is 0.481 e. The van der Waals surface area contributed by atoms with Crippen LogP contribution in [0.4, 0.5) is 0 Å².